The SMILES string of the molecule is Cc1cc(C(=O)ON2C(=O)CCC2=O)ccc1CN(C(=O)OC(C)(C)C)C(N)=NC(=O)OC(C)(C)C. The number of aliphatic imine (C=N–C) groups is 1. The molecule has 0 unspecified atom stereocenters. The lowest BCUT2D eigenvalue weighted by atomic mass is 10.0. The Balaban J connectivity index is 2.28. The molecule has 12 nitrogen and oxygen atoms in total. The van der Waals surface area contributed by atoms with Crippen molar-refractivity contribution < 1.29 is 38.3 Å². The largest absolute Gasteiger partial charge is 0.443 e. The smallest absolute Gasteiger partial charge is 0.437 e. The number of hydrogen-bond acceptors (Lipinski definition) is 8. The van der Waals surface area contributed by atoms with Crippen LogP contribution in [0, 0.1) is 6.92 Å². The van der Waals surface area contributed by atoms with Crippen LogP contribution in [-0.4, -0.2) is 57.1 Å². The summed E-state index contributed by atoms with van der Waals surface area (Å²) in [7, 11) is 0. The lowest BCUT2D eigenvalue weighted by Gasteiger charge is -2.27. The first kappa shape index (κ1) is 28.3. The summed E-state index contributed by atoms with van der Waals surface area (Å²) in [5.41, 5.74) is 5.51. The topological polar surface area (TPSA) is 158 Å². The first-order chi connectivity index (χ1) is 16.5. The number of imide groups is 1. The van der Waals surface area contributed by atoms with E-state index in [1.165, 1.54) is 18.2 Å². The third-order valence-corrected chi connectivity index (χ3v) is 4.58. The van der Waals surface area contributed by atoms with Gasteiger partial charge in [0.15, 0.2) is 0 Å². The lowest BCUT2D eigenvalue weighted by Crippen LogP contribution is -2.45. The summed E-state index contributed by atoms with van der Waals surface area (Å²) >= 11 is 0. The Bertz CT molecular complexity index is 1080. The van der Waals surface area contributed by atoms with Gasteiger partial charge in [0.05, 0.1) is 12.1 Å². The minimum atomic E-state index is -0.977. The Kier molecular flexibility index (Phi) is 8.45. The Hall–Kier alpha value is -3.96. The predicted molar refractivity (Wildman–Crippen MR) is 127 cm³/mol. The van der Waals surface area contributed by atoms with Gasteiger partial charge in [-0.15, -0.1) is 10.1 Å². The summed E-state index contributed by atoms with van der Waals surface area (Å²) in [6.07, 6.45) is -1.86. The quantitative estimate of drug-likeness (QED) is 0.369. The van der Waals surface area contributed by atoms with Crippen molar-refractivity contribution in [2.24, 2.45) is 10.7 Å². The molecule has 1 aliphatic heterocycles. The van der Waals surface area contributed by atoms with Gasteiger partial charge in [-0.1, -0.05) is 6.07 Å². The molecule has 1 aromatic rings. The van der Waals surface area contributed by atoms with Crippen molar-refractivity contribution in [1.29, 1.82) is 0 Å². The monoisotopic (exact) mass is 504 g/mol. The average molecular weight is 505 g/mol. The Morgan fingerprint density at radius 1 is 1.00 bits per heavy atom. The number of carbonyl (C=O) groups is 5. The number of rotatable bonds is 4. The van der Waals surface area contributed by atoms with Gasteiger partial charge in [0, 0.05) is 12.8 Å². The molecule has 2 N–H and O–H groups in total. The van der Waals surface area contributed by atoms with Gasteiger partial charge < -0.3 is 20.0 Å². The van der Waals surface area contributed by atoms with Crippen LogP contribution in [0.5, 0.6) is 0 Å². The molecule has 1 saturated heterocycles. The predicted octanol–water partition coefficient (Wildman–Crippen LogP) is 3.20. The third kappa shape index (κ3) is 8.07. The molecule has 0 aliphatic carbocycles. The maximum atomic E-state index is 12.9. The van der Waals surface area contributed by atoms with Gasteiger partial charge in [-0.2, -0.15) is 0 Å². The molecule has 0 saturated carbocycles. The van der Waals surface area contributed by atoms with E-state index in [4.69, 9.17) is 20.0 Å². The fourth-order valence-corrected chi connectivity index (χ4v) is 2.96. The van der Waals surface area contributed by atoms with Crippen LogP contribution >= 0.6 is 0 Å². The maximum absolute atomic E-state index is 12.9. The number of hydrogen-bond donors (Lipinski definition) is 1. The molecule has 0 atom stereocenters. The van der Waals surface area contributed by atoms with Gasteiger partial charge in [-0.25, -0.2) is 19.3 Å². The Labute approximate surface area is 209 Å². The van der Waals surface area contributed by atoms with E-state index in [9.17, 15) is 24.0 Å². The van der Waals surface area contributed by atoms with E-state index in [1.807, 2.05) is 0 Å². The molecule has 2 rings (SSSR count). The van der Waals surface area contributed by atoms with Crippen molar-refractivity contribution in [2.75, 3.05) is 0 Å². The van der Waals surface area contributed by atoms with Crippen LogP contribution in [0.2, 0.25) is 0 Å². The standard InChI is InChI=1S/C24H32N4O8/c1-14-12-15(19(31)36-28-17(29)10-11-18(28)30)8-9-16(14)13-27(22(33)35-24(5,6)7)20(25)26-21(32)34-23(2,3)4/h8-9,12H,10-11,13H2,1-7H3,(H2,25,26,32). The highest BCUT2D eigenvalue weighted by molar-refractivity contribution is 6.03. The van der Waals surface area contributed by atoms with Gasteiger partial charge in [0.1, 0.15) is 11.2 Å². The van der Waals surface area contributed by atoms with Crippen molar-refractivity contribution in [3.8, 4) is 0 Å². The zero-order valence-corrected chi connectivity index (χ0v) is 21.5. The highest BCUT2D eigenvalue weighted by Gasteiger charge is 2.33. The van der Waals surface area contributed by atoms with E-state index in [2.05, 4.69) is 4.99 Å². The summed E-state index contributed by atoms with van der Waals surface area (Å²) in [6.45, 7) is 11.5. The van der Waals surface area contributed by atoms with E-state index in [0.29, 0.717) is 16.2 Å². The molecular formula is C24H32N4O8. The Morgan fingerprint density at radius 2 is 1.56 bits per heavy atom. The molecule has 4 amide bonds. The van der Waals surface area contributed by atoms with Crippen molar-refractivity contribution in [1.82, 2.24) is 9.96 Å². The lowest BCUT2D eigenvalue weighted by molar-refractivity contribution is -0.172. The van der Waals surface area contributed by atoms with Crippen LogP contribution in [0.15, 0.2) is 23.2 Å². The molecular weight excluding hydrogens is 472 g/mol. The number of aryl methyl sites for hydroxylation is 1. The van der Waals surface area contributed by atoms with E-state index in [1.54, 1.807) is 48.5 Å². The molecule has 1 aromatic carbocycles. The van der Waals surface area contributed by atoms with Crippen molar-refractivity contribution >= 4 is 35.9 Å². The highest BCUT2D eigenvalue weighted by atomic mass is 16.7. The van der Waals surface area contributed by atoms with Crippen LogP contribution in [0.4, 0.5) is 9.59 Å². The van der Waals surface area contributed by atoms with Gasteiger partial charge in [-0.3, -0.25) is 9.59 Å². The van der Waals surface area contributed by atoms with Crippen LogP contribution in [0.3, 0.4) is 0 Å². The fourth-order valence-electron chi connectivity index (χ4n) is 2.96. The van der Waals surface area contributed by atoms with Crippen LogP contribution in [0.25, 0.3) is 0 Å². The summed E-state index contributed by atoms with van der Waals surface area (Å²) in [5.74, 6) is -2.50. The van der Waals surface area contributed by atoms with Crippen LogP contribution < -0.4 is 5.73 Å². The van der Waals surface area contributed by atoms with E-state index < -0.39 is 47.1 Å². The first-order valence-corrected chi connectivity index (χ1v) is 11.2. The fraction of sp³-hybridized carbons (Fsp3) is 0.500. The van der Waals surface area contributed by atoms with Crippen molar-refractivity contribution in [3.05, 3.63) is 34.9 Å². The molecule has 1 fully saturated rings. The maximum Gasteiger partial charge on any atom is 0.437 e. The highest BCUT2D eigenvalue weighted by Crippen LogP contribution is 2.19. The molecule has 36 heavy (non-hydrogen) atoms. The van der Waals surface area contributed by atoms with Gasteiger partial charge in [0.2, 0.25) is 5.96 Å². The second-order valence-corrected chi connectivity index (χ2v) is 10.1. The van der Waals surface area contributed by atoms with Gasteiger partial charge in [-0.05, 0) is 71.7 Å². The van der Waals surface area contributed by atoms with E-state index in [0.717, 1.165) is 4.90 Å². The summed E-state index contributed by atoms with van der Waals surface area (Å²) in [4.78, 5) is 70.4. The summed E-state index contributed by atoms with van der Waals surface area (Å²) in [6, 6.07) is 4.42. The zero-order chi connectivity index (χ0) is 27.4. The minimum absolute atomic E-state index is 0.0170. The second-order valence-electron chi connectivity index (χ2n) is 10.1. The number of nitrogens with zero attached hydrogens (tertiary/aromatic N) is 3. The zero-order valence-electron chi connectivity index (χ0n) is 21.5. The normalized spacial score (nSPS) is 14.5. The molecule has 0 radical (unpaired) electrons. The number of ether oxygens (including phenoxy) is 2. The minimum Gasteiger partial charge on any atom is -0.443 e. The average Bonchev–Trinajstić information content (AvgIpc) is 3.01. The number of nitrogens with two attached hydrogens (primary N) is 1. The number of hydroxylamine groups is 2. The van der Waals surface area contributed by atoms with Crippen molar-refractivity contribution in [3.63, 3.8) is 0 Å². The first-order valence-electron chi connectivity index (χ1n) is 11.2. The molecule has 1 aliphatic rings. The molecule has 0 spiro atoms. The molecule has 0 aromatic heterocycles. The number of carbonyl (C=O) groups excluding carboxylic acids is 5. The Morgan fingerprint density at radius 3 is 2.06 bits per heavy atom. The number of guanidine groups is 1. The summed E-state index contributed by atoms with van der Waals surface area (Å²) in [5, 5.41) is 0.462. The van der Waals surface area contributed by atoms with Crippen LogP contribution in [-0.2, 0) is 30.4 Å². The molecule has 0 bridgehead atoms. The van der Waals surface area contributed by atoms with Crippen LogP contribution in [0.1, 0.15) is 75.9 Å². The molecule has 1 heterocycles. The van der Waals surface area contributed by atoms with E-state index >= 15 is 0 Å². The molecule has 196 valence electrons. The van der Waals surface area contributed by atoms with Crippen molar-refractivity contribution in [2.45, 2.75) is 79.1 Å². The summed E-state index contributed by atoms with van der Waals surface area (Å²) < 4.78 is 10.5. The number of benzene rings is 1. The van der Waals surface area contributed by atoms with E-state index in [-0.39, 0.29) is 24.9 Å². The van der Waals surface area contributed by atoms with Gasteiger partial charge in [0.25, 0.3) is 11.8 Å². The second kappa shape index (κ2) is 10.8. The molecule has 12 heteroatoms. The number of amides is 4. The third-order valence-electron chi connectivity index (χ3n) is 4.58. The van der Waals surface area contributed by atoms with Gasteiger partial charge >= 0.3 is 18.2 Å².